The number of carbonyl (C=O) groups excluding carboxylic acids is 1. The van der Waals surface area contributed by atoms with Gasteiger partial charge in [0.1, 0.15) is 0 Å². The smallest absolute Gasteiger partial charge is 0.239 e. The molecule has 1 rings (SSSR count). The number of hydrogen-bond donors (Lipinski definition) is 0. The third-order valence-electron chi connectivity index (χ3n) is 3.04. The Hall–Kier alpha value is -1.01. The van der Waals surface area contributed by atoms with Crippen LogP contribution in [0.25, 0.3) is 0 Å². The van der Waals surface area contributed by atoms with Crippen LogP contribution in [-0.4, -0.2) is 47.9 Å². The quantitative estimate of drug-likeness (QED) is 0.695. The summed E-state index contributed by atoms with van der Waals surface area (Å²) in [6.07, 6.45) is 0.885. The third-order valence-corrected chi connectivity index (χ3v) is 3.04. The van der Waals surface area contributed by atoms with E-state index in [1.54, 1.807) is 0 Å². The molecule has 3 nitrogen and oxygen atoms in total. The Balaban J connectivity index is 2.53. The van der Waals surface area contributed by atoms with Gasteiger partial charge in [0.25, 0.3) is 0 Å². The number of piperazine rings is 1. The summed E-state index contributed by atoms with van der Waals surface area (Å²) in [4.78, 5) is 16.3. The lowest BCUT2D eigenvalue weighted by Gasteiger charge is -2.38. The van der Waals surface area contributed by atoms with Gasteiger partial charge in [-0.3, -0.25) is 9.69 Å². The van der Waals surface area contributed by atoms with Crippen LogP contribution in [0, 0.1) is 17.8 Å². The molecule has 1 atom stereocenters. The van der Waals surface area contributed by atoms with Crippen LogP contribution in [0.3, 0.4) is 0 Å². The Morgan fingerprint density at radius 2 is 2.06 bits per heavy atom. The topological polar surface area (TPSA) is 23.6 Å². The fourth-order valence-electron chi connectivity index (χ4n) is 2.09. The maximum Gasteiger partial charge on any atom is 0.239 e. The van der Waals surface area contributed by atoms with E-state index in [0.717, 1.165) is 32.6 Å². The van der Waals surface area contributed by atoms with Gasteiger partial charge in [-0.1, -0.05) is 26.7 Å². The SMILES string of the molecule is CCC#CCN1CCN(CC(C)C)C(=O)C1C. The highest BCUT2D eigenvalue weighted by Crippen LogP contribution is 2.12. The lowest BCUT2D eigenvalue weighted by molar-refractivity contribution is -0.141. The van der Waals surface area contributed by atoms with Crippen molar-refractivity contribution < 1.29 is 4.79 Å². The summed E-state index contributed by atoms with van der Waals surface area (Å²) in [5.74, 6) is 6.97. The van der Waals surface area contributed by atoms with Crippen molar-refractivity contribution >= 4 is 5.91 Å². The first-order valence-corrected chi connectivity index (χ1v) is 6.54. The molecule has 0 aromatic heterocycles. The number of nitrogens with zero attached hydrogens (tertiary/aromatic N) is 2. The molecule has 0 aromatic carbocycles. The fraction of sp³-hybridized carbons (Fsp3) is 0.786. The average Bonchev–Trinajstić information content (AvgIpc) is 2.28. The molecule has 1 fully saturated rings. The van der Waals surface area contributed by atoms with E-state index in [-0.39, 0.29) is 11.9 Å². The highest BCUT2D eigenvalue weighted by atomic mass is 16.2. The minimum Gasteiger partial charge on any atom is -0.340 e. The van der Waals surface area contributed by atoms with Crippen molar-refractivity contribution in [1.82, 2.24) is 9.80 Å². The maximum absolute atomic E-state index is 12.1. The van der Waals surface area contributed by atoms with Gasteiger partial charge in [0.15, 0.2) is 0 Å². The Labute approximate surface area is 105 Å². The zero-order valence-corrected chi connectivity index (χ0v) is 11.5. The van der Waals surface area contributed by atoms with Crippen LogP contribution in [0.15, 0.2) is 0 Å². The van der Waals surface area contributed by atoms with Crippen molar-refractivity contribution in [2.45, 2.75) is 40.2 Å². The molecule has 1 unspecified atom stereocenters. The van der Waals surface area contributed by atoms with Crippen LogP contribution >= 0.6 is 0 Å². The molecule has 0 aliphatic carbocycles. The van der Waals surface area contributed by atoms with E-state index in [4.69, 9.17) is 0 Å². The third kappa shape index (κ3) is 4.05. The lowest BCUT2D eigenvalue weighted by Crippen LogP contribution is -2.56. The minimum atomic E-state index is -0.0198. The summed E-state index contributed by atoms with van der Waals surface area (Å²) >= 11 is 0. The van der Waals surface area contributed by atoms with Gasteiger partial charge in [-0.25, -0.2) is 0 Å². The number of rotatable bonds is 3. The largest absolute Gasteiger partial charge is 0.340 e. The molecule has 0 bridgehead atoms. The molecule has 3 heteroatoms. The van der Waals surface area contributed by atoms with E-state index >= 15 is 0 Å². The molecular weight excluding hydrogens is 212 g/mol. The highest BCUT2D eigenvalue weighted by molar-refractivity contribution is 5.82. The van der Waals surface area contributed by atoms with Crippen molar-refractivity contribution in [2.24, 2.45) is 5.92 Å². The van der Waals surface area contributed by atoms with Gasteiger partial charge in [0.05, 0.1) is 12.6 Å². The minimum absolute atomic E-state index is 0.0198. The first-order valence-electron chi connectivity index (χ1n) is 6.54. The van der Waals surface area contributed by atoms with Crippen molar-refractivity contribution in [3.8, 4) is 11.8 Å². The standard InChI is InChI=1S/C14H24N2O/c1-5-6-7-8-15-9-10-16(11-12(2)3)14(17)13(15)4/h12-13H,5,8-11H2,1-4H3. The summed E-state index contributed by atoms with van der Waals surface area (Å²) < 4.78 is 0. The molecule has 1 amide bonds. The van der Waals surface area contributed by atoms with Gasteiger partial charge < -0.3 is 4.90 Å². The first-order chi connectivity index (χ1) is 8.06. The molecule has 0 aromatic rings. The Morgan fingerprint density at radius 3 is 2.65 bits per heavy atom. The zero-order chi connectivity index (χ0) is 12.8. The number of hydrogen-bond acceptors (Lipinski definition) is 2. The number of amides is 1. The molecule has 1 heterocycles. The Morgan fingerprint density at radius 1 is 1.35 bits per heavy atom. The monoisotopic (exact) mass is 236 g/mol. The zero-order valence-electron chi connectivity index (χ0n) is 11.5. The fourth-order valence-corrected chi connectivity index (χ4v) is 2.09. The van der Waals surface area contributed by atoms with Crippen molar-refractivity contribution in [1.29, 1.82) is 0 Å². The second kappa shape index (κ2) is 6.66. The molecule has 1 aliphatic rings. The molecular formula is C14H24N2O. The lowest BCUT2D eigenvalue weighted by atomic mass is 10.1. The molecule has 0 radical (unpaired) electrons. The second-order valence-electron chi connectivity index (χ2n) is 5.03. The summed E-state index contributed by atoms with van der Waals surface area (Å²) in [7, 11) is 0. The first kappa shape index (κ1) is 14.1. The van der Waals surface area contributed by atoms with E-state index in [1.165, 1.54) is 0 Å². The van der Waals surface area contributed by atoms with Gasteiger partial charge in [-0.05, 0) is 12.8 Å². The molecule has 0 N–H and O–H groups in total. The van der Waals surface area contributed by atoms with Crippen LogP contribution in [0.4, 0.5) is 0 Å². The second-order valence-corrected chi connectivity index (χ2v) is 5.03. The van der Waals surface area contributed by atoms with Crippen LogP contribution in [0.1, 0.15) is 34.1 Å². The summed E-state index contributed by atoms with van der Waals surface area (Å²) in [6, 6.07) is -0.0198. The Kier molecular flexibility index (Phi) is 5.50. The summed E-state index contributed by atoms with van der Waals surface area (Å²) in [6.45, 7) is 11.7. The molecule has 0 spiro atoms. The van der Waals surface area contributed by atoms with E-state index < -0.39 is 0 Å². The molecule has 1 saturated heterocycles. The van der Waals surface area contributed by atoms with E-state index in [9.17, 15) is 4.79 Å². The highest BCUT2D eigenvalue weighted by Gasteiger charge is 2.30. The van der Waals surface area contributed by atoms with Crippen molar-refractivity contribution in [2.75, 3.05) is 26.2 Å². The van der Waals surface area contributed by atoms with E-state index in [1.807, 2.05) is 18.7 Å². The Bertz CT molecular complexity index is 314. The van der Waals surface area contributed by atoms with Gasteiger partial charge >= 0.3 is 0 Å². The summed E-state index contributed by atoms with van der Waals surface area (Å²) in [5, 5.41) is 0. The van der Waals surface area contributed by atoms with Gasteiger partial charge in [0.2, 0.25) is 5.91 Å². The van der Waals surface area contributed by atoms with Gasteiger partial charge in [-0.15, -0.1) is 5.92 Å². The molecule has 0 saturated carbocycles. The molecule has 1 aliphatic heterocycles. The van der Waals surface area contributed by atoms with Crippen molar-refractivity contribution in [3.05, 3.63) is 0 Å². The van der Waals surface area contributed by atoms with Crippen molar-refractivity contribution in [3.63, 3.8) is 0 Å². The summed E-state index contributed by atoms with van der Waals surface area (Å²) in [5.41, 5.74) is 0. The van der Waals surface area contributed by atoms with Gasteiger partial charge in [0, 0.05) is 26.1 Å². The normalized spacial score (nSPS) is 21.6. The van der Waals surface area contributed by atoms with Crippen LogP contribution in [0.2, 0.25) is 0 Å². The van der Waals surface area contributed by atoms with Crippen LogP contribution < -0.4 is 0 Å². The predicted octanol–water partition coefficient (Wildman–Crippen LogP) is 1.59. The molecule has 96 valence electrons. The molecule has 17 heavy (non-hydrogen) atoms. The van der Waals surface area contributed by atoms with E-state index in [0.29, 0.717) is 5.92 Å². The number of carbonyl (C=O) groups is 1. The van der Waals surface area contributed by atoms with Crippen LogP contribution in [0.5, 0.6) is 0 Å². The van der Waals surface area contributed by atoms with Crippen LogP contribution in [-0.2, 0) is 4.79 Å². The average molecular weight is 236 g/mol. The van der Waals surface area contributed by atoms with Gasteiger partial charge in [-0.2, -0.15) is 0 Å². The predicted molar refractivity (Wildman–Crippen MR) is 70.5 cm³/mol. The maximum atomic E-state index is 12.1. The van der Waals surface area contributed by atoms with E-state index in [2.05, 4.69) is 30.6 Å².